The first-order valence-electron chi connectivity index (χ1n) is 4.52. The van der Waals surface area contributed by atoms with Gasteiger partial charge in [0.2, 0.25) is 0 Å². The molecule has 0 amide bonds. The third-order valence-corrected chi connectivity index (χ3v) is 2.43. The monoisotopic (exact) mass is 205 g/mol. The summed E-state index contributed by atoms with van der Waals surface area (Å²) in [5.41, 5.74) is 0.0668. The minimum absolute atomic E-state index is 0.0668. The number of aryl methyl sites for hydroxylation is 1. The molecule has 0 bridgehead atoms. The second-order valence-corrected chi connectivity index (χ2v) is 3.57. The zero-order valence-electron chi connectivity index (χ0n) is 7.68. The number of hydrogen-bond donors (Lipinski definition) is 1. The summed E-state index contributed by atoms with van der Waals surface area (Å²) in [6, 6.07) is 9.58. The molecule has 1 heterocycles. The summed E-state index contributed by atoms with van der Waals surface area (Å²) in [4.78, 5) is 11.8. The van der Waals surface area contributed by atoms with Gasteiger partial charge in [-0.15, -0.1) is 0 Å². The van der Waals surface area contributed by atoms with Crippen LogP contribution < -0.4 is 5.56 Å². The van der Waals surface area contributed by atoms with Gasteiger partial charge in [0.25, 0.3) is 5.56 Å². The summed E-state index contributed by atoms with van der Waals surface area (Å²) >= 11 is 4.11. The molecule has 72 valence electrons. The second kappa shape index (κ2) is 3.88. The van der Waals surface area contributed by atoms with Crippen LogP contribution in [-0.4, -0.2) is 10.3 Å². The number of hydrogen-bond acceptors (Lipinski definition) is 2. The van der Waals surface area contributed by atoms with Crippen molar-refractivity contribution in [2.75, 3.05) is 5.75 Å². The molecule has 0 N–H and O–H groups in total. The highest BCUT2D eigenvalue weighted by Gasteiger charge is 1.99. The molecule has 2 aromatic rings. The maximum absolute atomic E-state index is 11.8. The predicted octanol–water partition coefficient (Wildman–Crippen LogP) is 1.93. The van der Waals surface area contributed by atoms with Crippen LogP contribution in [0.15, 0.2) is 41.3 Å². The lowest BCUT2D eigenvalue weighted by Gasteiger charge is -2.04. The number of aromatic nitrogens is 1. The van der Waals surface area contributed by atoms with E-state index in [1.165, 1.54) is 0 Å². The Labute approximate surface area is 87.6 Å². The number of rotatable bonds is 2. The van der Waals surface area contributed by atoms with Crippen molar-refractivity contribution < 1.29 is 0 Å². The molecule has 1 aromatic carbocycles. The first-order chi connectivity index (χ1) is 6.83. The highest BCUT2D eigenvalue weighted by Crippen LogP contribution is 2.07. The molecule has 14 heavy (non-hydrogen) atoms. The summed E-state index contributed by atoms with van der Waals surface area (Å²) in [6.45, 7) is 0.660. The van der Waals surface area contributed by atoms with Crippen LogP contribution in [0.3, 0.4) is 0 Å². The molecule has 0 spiro atoms. The van der Waals surface area contributed by atoms with E-state index in [2.05, 4.69) is 12.6 Å². The van der Waals surface area contributed by atoms with Crippen LogP contribution in [0.25, 0.3) is 10.8 Å². The number of nitrogens with zero attached hydrogens (tertiary/aromatic N) is 1. The van der Waals surface area contributed by atoms with Gasteiger partial charge >= 0.3 is 0 Å². The number of thiol groups is 1. The van der Waals surface area contributed by atoms with E-state index in [4.69, 9.17) is 0 Å². The zero-order valence-corrected chi connectivity index (χ0v) is 8.58. The summed E-state index contributed by atoms with van der Waals surface area (Å²) in [5.74, 6) is 0.679. The Morgan fingerprint density at radius 1 is 1.21 bits per heavy atom. The first kappa shape index (κ1) is 9.34. The van der Waals surface area contributed by atoms with Crippen molar-refractivity contribution in [1.82, 2.24) is 4.57 Å². The minimum Gasteiger partial charge on any atom is -0.314 e. The molecule has 1 aromatic heterocycles. The van der Waals surface area contributed by atoms with Crippen LogP contribution in [0, 0.1) is 0 Å². The van der Waals surface area contributed by atoms with E-state index in [1.54, 1.807) is 4.57 Å². The third-order valence-electron chi connectivity index (χ3n) is 2.23. The minimum atomic E-state index is 0.0668. The molecule has 2 rings (SSSR count). The van der Waals surface area contributed by atoms with Crippen LogP contribution in [-0.2, 0) is 6.54 Å². The van der Waals surface area contributed by atoms with Crippen LogP contribution in [0.2, 0.25) is 0 Å². The Balaban J connectivity index is 2.69. The molecule has 0 aliphatic carbocycles. The molecule has 0 aliphatic rings. The van der Waals surface area contributed by atoms with E-state index in [-0.39, 0.29) is 5.56 Å². The molecule has 0 saturated carbocycles. The van der Waals surface area contributed by atoms with E-state index < -0.39 is 0 Å². The normalized spacial score (nSPS) is 10.6. The van der Waals surface area contributed by atoms with Crippen molar-refractivity contribution in [2.45, 2.75) is 6.54 Å². The SMILES string of the molecule is O=c1c2ccccc2ccn1CCS. The Kier molecular flexibility index (Phi) is 2.59. The fourth-order valence-corrected chi connectivity index (χ4v) is 1.73. The Bertz CT molecular complexity index is 504. The lowest BCUT2D eigenvalue weighted by atomic mass is 10.2. The van der Waals surface area contributed by atoms with Crippen molar-refractivity contribution in [3.8, 4) is 0 Å². The number of pyridine rings is 1. The predicted molar refractivity (Wildman–Crippen MR) is 62.1 cm³/mol. The summed E-state index contributed by atoms with van der Waals surface area (Å²) in [7, 11) is 0. The fourth-order valence-electron chi connectivity index (χ4n) is 1.51. The quantitative estimate of drug-likeness (QED) is 0.743. The molecule has 0 atom stereocenters. The topological polar surface area (TPSA) is 22.0 Å². The average Bonchev–Trinajstić information content (AvgIpc) is 2.23. The van der Waals surface area contributed by atoms with E-state index in [1.807, 2.05) is 36.5 Å². The van der Waals surface area contributed by atoms with Gasteiger partial charge < -0.3 is 4.57 Å². The third kappa shape index (κ3) is 1.55. The molecule has 0 aliphatic heterocycles. The maximum Gasteiger partial charge on any atom is 0.258 e. The molecule has 0 radical (unpaired) electrons. The highest BCUT2D eigenvalue weighted by molar-refractivity contribution is 7.80. The van der Waals surface area contributed by atoms with Gasteiger partial charge in [0, 0.05) is 23.9 Å². The van der Waals surface area contributed by atoms with Crippen molar-refractivity contribution in [1.29, 1.82) is 0 Å². The van der Waals surface area contributed by atoms with Gasteiger partial charge in [-0.1, -0.05) is 18.2 Å². The van der Waals surface area contributed by atoms with E-state index in [0.29, 0.717) is 12.3 Å². The van der Waals surface area contributed by atoms with Gasteiger partial charge in [-0.05, 0) is 17.5 Å². The van der Waals surface area contributed by atoms with Crippen LogP contribution in [0.4, 0.5) is 0 Å². The van der Waals surface area contributed by atoms with Gasteiger partial charge in [0.05, 0.1) is 0 Å². The Morgan fingerprint density at radius 3 is 2.79 bits per heavy atom. The maximum atomic E-state index is 11.8. The van der Waals surface area contributed by atoms with Gasteiger partial charge in [0.15, 0.2) is 0 Å². The van der Waals surface area contributed by atoms with E-state index >= 15 is 0 Å². The standard InChI is InChI=1S/C11H11NOS/c13-11-10-4-2-1-3-9(10)5-6-12(11)7-8-14/h1-6,14H,7-8H2. The second-order valence-electron chi connectivity index (χ2n) is 3.13. The first-order valence-corrected chi connectivity index (χ1v) is 5.15. The molecule has 0 saturated heterocycles. The smallest absolute Gasteiger partial charge is 0.258 e. The van der Waals surface area contributed by atoms with Crippen molar-refractivity contribution >= 4 is 23.4 Å². The number of fused-ring (bicyclic) bond motifs is 1. The van der Waals surface area contributed by atoms with Gasteiger partial charge in [0.1, 0.15) is 0 Å². The molecule has 0 unspecified atom stereocenters. The summed E-state index contributed by atoms with van der Waals surface area (Å²) in [6.07, 6.45) is 1.82. The van der Waals surface area contributed by atoms with Gasteiger partial charge in [-0.25, -0.2) is 0 Å². The van der Waals surface area contributed by atoms with Crippen molar-refractivity contribution in [2.24, 2.45) is 0 Å². The molecule has 2 nitrogen and oxygen atoms in total. The van der Waals surface area contributed by atoms with Gasteiger partial charge in [-0.2, -0.15) is 12.6 Å². The van der Waals surface area contributed by atoms with E-state index in [0.717, 1.165) is 10.8 Å². The van der Waals surface area contributed by atoms with Gasteiger partial charge in [-0.3, -0.25) is 4.79 Å². The van der Waals surface area contributed by atoms with Crippen molar-refractivity contribution in [3.63, 3.8) is 0 Å². The lowest BCUT2D eigenvalue weighted by molar-refractivity contribution is 0.744. The molecular formula is C11H11NOS. The summed E-state index contributed by atoms with van der Waals surface area (Å²) in [5, 5.41) is 1.77. The van der Waals surface area contributed by atoms with Crippen LogP contribution in [0.1, 0.15) is 0 Å². The molecule has 0 fully saturated rings. The summed E-state index contributed by atoms with van der Waals surface area (Å²) < 4.78 is 1.69. The average molecular weight is 205 g/mol. The van der Waals surface area contributed by atoms with Crippen LogP contribution >= 0.6 is 12.6 Å². The number of benzene rings is 1. The zero-order chi connectivity index (χ0) is 9.97. The largest absolute Gasteiger partial charge is 0.314 e. The van der Waals surface area contributed by atoms with Crippen LogP contribution in [0.5, 0.6) is 0 Å². The van der Waals surface area contributed by atoms with Crippen molar-refractivity contribution in [3.05, 3.63) is 46.9 Å². The molecule has 3 heteroatoms. The lowest BCUT2D eigenvalue weighted by Crippen LogP contribution is -2.19. The highest BCUT2D eigenvalue weighted by atomic mass is 32.1. The van der Waals surface area contributed by atoms with E-state index in [9.17, 15) is 4.79 Å². The Hall–Kier alpha value is -1.22. The fraction of sp³-hybridized carbons (Fsp3) is 0.182. The Morgan fingerprint density at radius 2 is 2.00 bits per heavy atom. The molecular weight excluding hydrogens is 194 g/mol.